The van der Waals surface area contributed by atoms with Gasteiger partial charge >= 0.3 is 0 Å². The van der Waals surface area contributed by atoms with Crippen LogP contribution in [0, 0.1) is 5.92 Å². The SMILES string of the molecule is CCNC(=NCC(c1ccc(OC)cc1)N(C)C)NCCCOCC(C)C.I. The predicted octanol–water partition coefficient (Wildman–Crippen LogP) is 3.53. The summed E-state index contributed by atoms with van der Waals surface area (Å²) in [6, 6.07) is 8.41. The zero-order valence-electron chi connectivity index (χ0n) is 18.3. The van der Waals surface area contributed by atoms with Crippen molar-refractivity contribution in [2.24, 2.45) is 10.9 Å². The summed E-state index contributed by atoms with van der Waals surface area (Å²) >= 11 is 0. The minimum absolute atomic E-state index is 0. The summed E-state index contributed by atoms with van der Waals surface area (Å²) in [5, 5.41) is 6.71. The van der Waals surface area contributed by atoms with Crippen molar-refractivity contribution in [2.75, 3.05) is 54.1 Å². The van der Waals surface area contributed by atoms with Crippen LogP contribution in [0.1, 0.15) is 38.8 Å². The molecule has 28 heavy (non-hydrogen) atoms. The number of benzene rings is 1. The molecule has 2 N–H and O–H groups in total. The van der Waals surface area contributed by atoms with E-state index in [9.17, 15) is 0 Å². The standard InChI is InChI=1S/C21H38N4O2.HI/c1-7-22-21(23-13-8-14-27-16-17(2)3)24-15-20(25(4)5)18-9-11-19(26-6)12-10-18;/h9-12,17,20H,7-8,13-16H2,1-6H3,(H2,22,23,24);1H. The molecule has 7 heteroatoms. The first kappa shape index (κ1) is 26.9. The van der Waals surface area contributed by atoms with Crippen molar-refractivity contribution in [3.63, 3.8) is 0 Å². The van der Waals surface area contributed by atoms with Crippen molar-refractivity contribution >= 4 is 29.9 Å². The quantitative estimate of drug-likeness (QED) is 0.197. The number of likely N-dealkylation sites (N-methyl/N-ethyl adjacent to an activating group) is 1. The number of hydrogen-bond acceptors (Lipinski definition) is 4. The zero-order valence-corrected chi connectivity index (χ0v) is 20.7. The summed E-state index contributed by atoms with van der Waals surface area (Å²) in [6.45, 7) is 10.4. The van der Waals surface area contributed by atoms with E-state index in [0.717, 1.165) is 44.4 Å². The molecule has 6 nitrogen and oxygen atoms in total. The Bertz CT molecular complexity index is 536. The van der Waals surface area contributed by atoms with Gasteiger partial charge in [0.05, 0.1) is 19.7 Å². The van der Waals surface area contributed by atoms with Crippen molar-refractivity contribution in [3.05, 3.63) is 29.8 Å². The van der Waals surface area contributed by atoms with Gasteiger partial charge in [-0.2, -0.15) is 0 Å². The van der Waals surface area contributed by atoms with Crippen molar-refractivity contribution < 1.29 is 9.47 Å². The lowest BCUT2D eigenvalue weighted by Crippen LogP contribution is -2.38. The number of methoxy groups -OCH3 is 1. The Hall–Kier alpha value is -1.06. The Morgan fingerprint density at radius 3 is 2.36 bits per heavy atom. The zero-order chi connectivity index (χ0) is 20.1. The second-order valence-electron chi connectivity index (χ2n) is 7.22. The van der Waals surface area contributed by atoms with Crippen LogP contribution in [0.5, 0.6) is 5.75 Å². The first-order chi connectivity index (χ1) is 13.0. The predicted molar refractivity (Wildman–Crippen MR) is 129 cm³/mol. The van der Waals surface area contributed by atoms with Gasteiger partial charge in [-0.15, -0.1) is 24.0 Å². The number of guanidine groups is 1. The summed E-state index contributed by atoms with van der Waals surface area (Å²) in [7, 11) is 5.85. The van der Waals surface area contributed by atoms with Crippen LogP contribution < -0.4 is 15.4 Å². The molecule has 0 saturated carbocycles. The molecule has 1 rings (SSSR count). The van der Waals surface area contributed by atoms with Gasteiger partial charge < -0.3 is 25.0 Å². The molecular formula is C21H39IN4O2. The van der Waals surface area contributed by atoms with E-state index in [2.05, 4.69) is 62.5 Å². The fourth-order valence-corrected chi connectivity index (χ4v) is 2.61. The molecule has 0 aromatic heterocycles. The van der Waals surface area contributed by atoms with E-state index >= 15 is 0 Å². The van der Waals surface area contributed by atoms with Crippen molar-refractivity contribution in [1.29, 1.82) is 0 Å². The van der Waals surface area contributed by atoms with Crippen molar-refractivity contribution in [1.82, 2.24) is 15.5 Å². The molecule has 1 atom stereocenters. The number of ether oxygens (including phenoxy) is 2. The third-order valence-corrected chi connectivity index (χ3v) is 4.10. The van der Waals surface area contributed by atoms with Gasteiger partial charge in [0.2, 0.25) is 0 Å². The van der Waals surface area contributed by atoms with Crippen LogP contribution in [-0.2, 0) is 4.74 Å². The van der Waals surface area contributed by atoms with E-state index in [-0.39, 0.29) is 30.0 Å². The van der Waals surface area contributed by atoms with Crippen LogP contribution in [0.2, 0.25) is 0 Å². The number of hydrogen-bond donors (Lipinski definition) is 2. The van der Waals surface area contributed by atoms with Crippen LogP contribution in [0.3, 0.4) is 0 Å². The van der Waals surface area contributed by atoms with E-state index in [0.29, 0.717) is 12.5 Å². The average Bonchev–Trinajstić information content (AvgIpc) is 2.64. The summed E-state index contributed by atoms with van der Waals surface area (Å²) < 4.78 is 10.9. The molecule has 0 spiro atoms. The second kappa shape index (κ2) is 15.8. The van der Waals surface area contributed by atoms with Gasteiger partial charge in [-0.3, -0.25) is 4.99 Å². The van der Waals surface area contributed by atoms with Crippen LogP contribution in [-0.4, -0.2) is 64.9 Å². The third kappa shape index (κ3) is 11.1. The van der Waals surface area contributed by atoms with Gasteiger partial charge in [-0.25, -0.2) is 0 Å². The number of halogens is 1. The van der Waals surface area contributed by atoms with Gasteiger partial charge in [-0.05, 0) is 51.1 Å². The lowest BCUT2D eigenvalue weighted by molar-refractivity contribution is 0.108. The minimum Gasteiger partial charge on any atom is -0.497 e. The van der Waals surface area contributed by atoms with Crippen LogP contribution in [0.25, 0.3) is 0 Å². The highest BCUT2D eigenvalue weighted by Crippen LogP contribution is 2.21. The van der Waals surface area contributed by atoms with Gasteiger partial charge in [0.15, 0.2) is 5.96 Å². The molecule has 1 aromatic rings. The molecule has 1 aromatic carbocycles. The monoisotopic (exact) mass is 506 g/mol. The van der Waals surface area contributed by atoms with E-state index in [1.165, 1.54) is 5.56 Å². The summed E-state index contributed by atoms with van der Waals surface area (Å²) in [4.78, 5) is 6.97. The maximum atomic E-state index is 5.63. The molecule has 0 bridgehead atoms. The highest BCUT2D eigenvalue weighted by molar-refractivity contribution is 14.0. The molecule has 0 amide bonds. The van der Waals surface area contributed by atoms with Crippen molar-refractivity contribution in [3.8, 4) is 5.75 Å². The Morgan fingerprint density at radius 2 is 1.82 bits per heavy atom. The Labute approximate surface area is 188 Å². The summed E-state index contributed by atoms with van der Waals surface area (Å²) in [5.74, 6) is 2.30. The van der Waals surface area contributed by atoms with Gasteiger partial charge in [0, 0.05) is 26.3 Å². The number of rotatable bonds is 12. The molecule has 0 saturated heterocycles. The first-order valence-electron chi connectivity index (χ1n) is 9.88. The minimum atomic E-state index is 0. The van der Waals surface area contributed by atoms with Crippen LogP contribution in [0.15, 0.2) is 29.3 Å². The molecule has 0 fully saturated rings. The summed E-state index contributed by atoms with van der Waals surface area (Å²) in [6.07, 6.45) is 0.965. The highest BCUT2D eigenvalue weighted by Gasteiger charge is 2.14. The lowest BCUT2D eigenvalue weighted by atomic mass is 10.1. The Kier molecular flexibility index (Phi) is 15.2. The third-order valence-electron chi connectivity index (χ3n) is 4.10. The summed E-state index contributed by atoms with van der Waals surface area (Å²) in [5.41, 5.74) is 1.22. The van der Waals surface area contributed by atoms with E-state index < -0.39 is 0 Å². The van der Waals surface area contributed by atoms with Crippen LogP contribution >= 0.6 is 24.0 Å². The van der Waals surface area contributed by atoms with E-state index in [1.54, 1.807) is 7.11 Å². The molecule has 0 heterocycles. The number of nitrogens with zero attached hydrogens (tertiary/aromatic N) is 2. The number of nitrogens with one attached hydrogen (secondary N) is 2. The molecular weight excluding hydrogens is 467 g/mol. The molecule has 0 aliphatic rings. The maximum absolute atomic E-state index is 5.63. The Morgan fingerprint density at radius 1 is 1.14 bits per heavy atom. The molecule has 0 aliphatic carbocycles. The maximum Gasteiger partial charge on any atom is 0.191 e. The van der Waals surface area contributed by atoms with Gasteiger partial charge in [0.25, 0.3) is 0 Å². The van der Waals surface area contributed by atoms with Gasteiger partial charge in [0.1, 0.15) is 5.75 Å². The molecule has 0 aliphatic heterocycles. The smallest absolute Gasteiger partial charge is 0.191 e. The lowest BCUT2D eigenvalue weighted by Gasteiger charge is -2.24. The normalized spacial score (nSPS) is 12.6. The van der Waals surface area contributed by atoms with Crippen LogP contribution in [0.4, 0.5) is 0 Å². The largest absolute Gasteiger partial charge is 0.497 e. The fraction of sp³-hybridized carbons (Fsp3) is 0.667. The topological polar surface area (TPSA) is 58.1 Å². The van der Waals surface area contributed by atoms with E-state index in [1.807, 2.05) is 12.1 Å². The average molecular weight is 506 g/mol. The fourth-order valence-electron chi connectivity index (χ4n) is 2.61. The molecule has 1 unspecified atom stereocenters. The molecule has 162 valence electrons. The molecule has 0 radical (unpaired) electrons. The van der Waals surface area contributed by atoms with Crippen molar-refractivity contribution in [2.45, 2.75) is 33.2 Å². The second-order valence-corrected chi connectivity index (χ2v) is 7.22. The highest BCUT2D eigenvalue weighted by atomic mass is 127. The first-order valence-corrected chi connectivity index (χ1v) is 9.88. The van der Waals surface area contributed by atoms with E-state index in [4.69, 9.17) is 14.5 Å². The Balaban J connectivity index is 0.00000729. The number of aliphatic imine (C=N–C) groups is 1. The van der Waals surface area contributed by atoms with Gasteiger partial charge in [-0.1, -0.05) is 26.0 Å².